The highest BCUT2D eigenvalue weighted by molar-refractivity contribution is 7.59. The highest BCUT2D eigenvalue weighted by Crippen LogP contribution is 2.34. The number of nitrogens with one attached hydrogen (secondary N) is 2. The van der Waals surface area contributed by atoms with E-state index in [1.165, 1.54) is 7.11 Å². The summed E-state index contributed by atoms with van der Waals surface area (Å²) < 4.78 is 33.9. The van der Waals surface area contributed by atoms with Crippen molar-refractivity contribution < 1.29 is 18.3 Å². The summed E-state index contributed by atoms with van der Waals surface area (Å²) in [6.45, 7) is 6.43. The Balaban J connectivity index is 0.00000342. The summed E-state index contributed by atoms with van der Waals surface area (Å²) in [7, 11) is 3.26. The van der Waals surface area contributed by atoms with Crippen LogP contribution in [-0.4, -0.2) is 45.9 Å². The third-order valence-corrected chi connectivity index (χ3v) is 5.76. The minimum atomic E-state index is -0.962. The van der Waals surface area contributed by atoms with Gasteiger partial charge < -0.3 is 20.3 Å². The van der Waals surface area contributed by atoms with E-state index >= 15 is 0 Å². The monoisotopic (exact) mass is 505 g/mol. The van der Waals surface area contributed by atoms with Crippen LogP contribution in [0, 0.1) is 24.5 Å². The van der Waals surface area contributed by atoms with Gasteiger partial charge in [-0.2, -0.15) is 23.6 Å². The number of methoxy groups -OCH3 is 1. The average molecular weight is 506 g/mol. The molecule has 2 N–H and O–H groups in total. The second-order valence-electron chi connectivity index (χ2n) is 8.60. The van der Waals surface area contributed by atoms with Crippen molar-refractivity contribution in [3.63, 3.8) is 0 Å². The van der Waals surface area contributed by atoms with Gasteiger partial charge in [-0.25, -0.2) is 13.8 Å². The lowest BCUT2D eigenvalue weighted by atomic mass is 9.99. The van der Waals surface area contributed by atoms with E-state index in [4.69, 9.17) is 4.74 Å². The zero-order valence-electron chi connectivity index (χ0n) is 20.2. The number of halogens is 2. The van der Waals surface area contributed by atoms with Gasteiger partial charge >= 0.3 is 0 Å². The second-order valence-corrected chi connectivity index (χ2v) is 8.60. The maximum absolute atomic E-state index is 13.7. The van der Waals surface area contributed by atoms with Gasteiger partial charge in [-0.1, -0.05) is 13.8 Å². The van der Waals surface area contributed by atoms with E-state index in [9.17, 15) is 13.6 Å². The average Bonchev–Trinajstić information content (AvgIpc) is 3.22. The minimum Gasteiger partial charge on any atom is -0.496 e. The molecule has 1 aliphatic heterocycles. The van der Waals surface area contributed by atoms with Crippen LogP contribution >= 0.6 is 13.5 Å². The summed E-state index contributed by atoms with van der Waals surface area (Å²) >= 11 is 0. The van der Waals surface area contributed by atoms with E-state index < -0.39 is 11.6 Å². The second kappa shape index (κ2) is 10.5. The first-order valence-electron chi connectivity index (χ1n) is 10.9. The van der Waals surface area contributed by atoms with Crippen LogP contribution < -0.4 is 20.3 Å². The van der Waals surface area contributed by atoms with Crippen LogP contribution in [0.5, 0.6) is 5.75 Å². The molecule has 0 saturated heterocycles. The lowest BCUT2D eigenvalue weighted by Crippen LogP contribution is -2.49. The van der Waals surface area contributed by atoms with E-state index in [1.54, 1.807) is 17.1 Å². The van der Waals surface area contributed by atoms with E-state index in [0.29, 0.717) is 35.3 Å². The molecule has 0 spiro atoms. The number of nitrogens with zero attached hydrogens (tertiary/aromatic N) is 5. The zero-order chi connectivity index (χ0) is 24.6. The molecule has 2 aromatic heterocycles. The topological polar surface area (TPSA) is 97.2 Å². The van der Waals surface area contributed by atoms with E-state index in [2.05, 4.69) is 25.7 Å². The minimum absolute atomic E-state index is 0. The summed E-state index contributed by atoms with van der Waals surface area (Å²) in [5.41, 5.74) is 2.60. The zero-order valence-corrected chi connectivity index (χ0v) is 21.2. The quantitative estimate of drug-likeness (QED) is 0.508. The predicted octanol–water partition coefficient (Wildman–Crippen LogP) is 3.45. The van der Waals surface area contributed by atoms with E-state index in [0.717, 1.165) is 17.7 Å². The molecule has 9 nitrogen and oxygen atoms in total. The fourth-order valence-electron chi connectivity index (χ4n) is 4.12. The molecule has 4 rings (SSSR count). The number of benzene rings is 1. The number of aromatic nitrogens is 4. The van der Waals surface area contributed by atoms with Crippen LogP contribution in [0.2, 0.25) is 0 Å². The molecular formula is C23H29F2N7O2S. The summed E-state index contributed by atoms with van der Waals surface area (Å²) in [4.78, 5) is 23.5. The number of carbonyl (C=O) groups is 1. The molecule has 12 heteroatoms. The van der Waals surface area contributed by atoms with Crippen LogP contribution in [0.4, 0.5) is 26.2 Å². The number of ether oxygens (including phenoxy) is 1. The maximum Gasteiger partial charge on any atom is 0.247 e. The van der Waals surface area contributed by atoms with Crippen LogP contribution in [0.15, 0.2) is 24.5 Å². The predicted molar refractivity (Wildman–Crippen MR) is 134 cm³/mol. The molecule has 0 fully saturated rings. The normalized spacial score (nSPS) is 14.9. The fourth-order valence-corrected chi connectivity index (χ4v) is 4.12. The molecule has 35 heavy (non-hydrogen) atoms. The Morgan fingerprint density at radius 1 is 1.23 bits per heavy atom. The molecule has 0 aliphatic carbocycles. The van der Waals surface area contributed by atoms with Crippen molar-refractivity contribution in [3.05, 3.63) is 53.0 Å². The molecule has 1 aliphatic rings. The number of anilines is 3. The van der Waals surface area contributed by atoms with Gasteiger partial charge in [0.05, 0.1) is 25.5 Å². The van der Waals surface area contributed by atoms with Gasteiger partial charge in [-0.15, -0.1) is 0 Å². The Morgan fingerprint density at radius 2 is 1.94 bits per heavy atom. The molecule has 1 atom stereocenters. The van der Waals surface area contributed by atoms with Crippen molar-refractivity contribution in [1.29, 1.82) is 0 Å². The van der Waals surface area contributed by atoms with Gasteiger partial charge in [-0.05, 0) is 18.9 Å². The van der Waals surface area contributed by atoms with Crippen LogP contribution in [0.1, 0.15) is 30.7 Å². The van der Waals surface area contributed by atoms with Crippen molar-refractivity contribution in [3.8, 4) is 5.75 Å². The standard InChI is InChI=1S/C23H27F2N7O2.H2S/c1-12(2)20-22(33)29-19-13(3)28-23(30-21(19)31(20)4)26-8-14-9-27-32(10-14)11-15-6-16(24)17(25)7-18(15)34-5;/h6-7,9-10,12,20H,8,11H2,1-5H3,(H,29,33)(H,26,28,30);1H2/t20-;/m0./s1. The maximum atomic E-state index is 13.7. The summed E-state index contributed by atoms with van der Waals surface area (Å²) in [6, 6.07) is 1.81. The first-order valence-corrected chi connectivity index (χ1v) is 10.9. The highest BCUT2D eigenvalue weighted by atomic mass is 32.1. The SMILES string of the molecule is COc1cc(F)c(F)cc1Cn1cc(CNc2nc(C)c3c(n2)N(C)[C@@H](C(C)C)C(=O)N3)cn1.S. The summed E-state index contributed by atoms with van der Waals surface area (Å²) in [6.07, 6.45) is 3.46. The highest BCUT2D eigenvalue weighted by Gasteiger charge is 2.35. The van der Waals surface area contributed by atoms with Crippen molar-refractivity contribution >= 4 is 36.9 Å². The van der Waals surface area contributed by atoms with Crippen molar-refractivity contribution in [2.24, 2.45) is 5.92 Å². The van der Waals surface area contributed by atoms with Gasteiger partial charge in [0, 0.05) is 37.0 Å². The Morgan fingerprint density at radius 3 is 2.63 bits per heavy atom. The Labute approximate surface area is 209 Å². The number of likely N-dealkylation sites (N-methyl/N-ethyl adjacent to an activating group) is 1. The molecule has 0 radical (unpaired) electrons. The number of hydrogen-bond donors (Lipinski definition) is 2. The third kappa shape index (κ3) is 5.31. The Kier molecular flexibility index (Phi) is 7.83. The molecule has 1 aromatic carbocycles. The Bertz CT molecular complexity index is 1230. The molecule has 1 amide bonds. The lowest BCUT2D eigenvalue weighted by molar-refractivity contribution is -0.118. The summed E-state index contributed by atoms with van der Waals surface area (Å²) in [5.74, 6) is -0.512. The van der Waals surface area contributed by atoms with Gasteiger partial charge in [0.2, 0.25) is 11.9 Å². The van der Waals surface area contributed by atoms with Crippen LogP contribution in [-0.2, 0) is 17.9 Å². The third-order valence-electron chi connectivity index (χ3n) is 5.76. The molecule has 188 valence electrons. The number of carbonyl (C=O) groups excluding carboxylic acids is 1. The first kappa shape index (κ1) is 26.2. The first-order chi connectivity index (χ1) is 16.2. The van der Waals surface area contributed by atoms with Gasteiger partial charge in [0.25, 0.3) is 0 Å². The Hall–Kier alpha value is -3.41. The van der Waals surface area contributed by atoms with Crippen molar-refractivity contribution in [1.82, 2.24) is 19.7 Å². The molecule has 3 heterocycles. The largest absolute Gasteiger partial charge is 0.496 e. The molecule has 0 unspecified atom stereocenters. The van der Waals surface area contributed by atoms with Crippen molar-refractivity contribution in [2.45, 2.75) is 39.9 Å². The van der Waals surface area contributed by atoms with Gasteiger partial charge in [0.15, 0.2) is 17.5 Å². The van der Waals surface area contributed by atoms with Gasteiger partial charge in [-0.3, -0.25) is 9.48 Å². The summed E-state index contributed by atoms with van der Waals surface area (Å²) in [5, 5.41) is 10.4. The van der Waals surface area contributed by atoms with E-state index in [1.807, 2.05) is 32.7 Å². The number of rotatable bonds is 7. The molecule has 0 bridgehead atoms. The van der Waals surface area contributed by atoms with Crippen LogP contribution in [0.3, 0.4) is 0 Å². The number of amides is 1. The van der Waals surface area contributed by atoms with Gasteiger partial charge in [0.1, 0.15) is 17.5 Å². The number of hydrogen-bond acceptors (Lipinski definition) is 7. The molecule has 3 aromatic rings. The van der Waals surface area contributed by atoms with E-state index in [-0.39, 0.29) is 43.7 Å². The molecular weight excluding hydrogens is 476 g/mol. The number of aryl methyl sites for hydroxylation is 1. The van der Waals surface area contributed by atoms with Crippen molar-refractivity contribution in [2.75, 3.05) is 29.7 Å². The van der Waals surface area contributed by atoms with Crippen LogP contribution in [0.25, 0.3) is 0 Å². The smallest absolute Gasteiger partial charge is 0.247 e. The number of fused-ring (bicyclic) bond motifs is 1. The molecule has 0 saturated carbocycles. The lowest BCUT2D eigenvalue weighted by Gasteiger charge is -2.36. The fraction of sp³-hybridized carbons (Fsp3) is 0.391.